The Bertz CT molecular complexity index is 486. The number of carbonyl (C=O) groups excluding carboxylic acids is 1. The van der Waals surface area contributed by atoms with Crippen LogP contribution in [0, 0.1) is 0 Å². The molecular weight excluding hydrogens is 216 g/mol. The number of aryl methyl sites for hydroxylation is 1. The minimum absolute atomic E-state index is 0.182. The Morgan fingerprint density at radius 2 is 2.18 bits per heavy atom. The summed E-state index contributed by atoms with van der Waals surface area (Å²) in [7, 11) is 1.41. The molecule has 0 fully saturated rings. The van der Waals surface area contributed by atoms with Gasteiger partial charge in [0.2, 0.25) is 0 Å². The lowest BCUT2D eigenvalue weighted by molar-refractivity contribution is -0.140. The van der Waals surface area contributed by atoms with Crippen molar-refractivity contribution < 1.29 is 13.9 Å². The summed E-state index contributed by atoms with van der Waals surface area (Å²) >= 11 is 0. The molecule has 0 saturated carbocycles. The summed E-state index contributed by atoms with van der Waals surface area (Å²) in [5.41, 5.74) is 3.26. The summed E-state index contributed by atoms with van der Waals surface area (Å²) < 4.78 is 9.67. The number of ether oxygens (including phenoxy) is 1. The Morgan fingerprint density at radius 1 is 1.29 bits per heavy atom. The van der Waals surface area contributed by atoms with Gasteiger partial charge < -0.3 is 9.15 Å². The van der Waals surface area contributed by atoms with Gasteiger partial charge in [0, 0.05) is 12.0 Å². The molecule has 0 bridgehead atoms. The van der Waals surface area contributed by atoms with Gasteiger partial charge in [-0.25, -0.2) is 0 Å². The van der Waals surface area contributed by atoms with Crippen LogP contribution in [0.15, 0.2) is 47.3 Å². The molecule has 3 nitrogen and oxygen atoms in total. The molecule has 0 N–H and O–H groups in total. The third-order valence-electron chi connectivity index (χ3n) is 2.63. The van der Waals surface area contributed by atoms with Gasteiger partial charge in [-0.1, -0.05) is 24.3 Å². The Balaban J connectivity index is 2.09. The zero-order valence-electron chi connectivity index (χ0n) is 9.68. The van der Waals surface area contributed by atoms with Crippen molar-refractivity contribution in [1.82, 2.24) is 0 Å². The second-order valence-electron chi connectivity index (χ2n) is 3.79. The van der Waals surface area contributed by atoms with Crippen molar-refractivity contribution in [3.05, 3.63) is 48.4 Å². The molecule has 2 aromatic rings. The molecule has 88 valence electrons. The number of benzene rings is 1. The molecule has 1 heterocycles. The lowest BCUT2D eigenvalue weighted by Crippen LogP contribution is -2.01. The third kappa shape index (κ3) is 2.97. The van der Waals surface area contributed by atoms with Gasteiger partial charge in [0.1, 0.15) is 0 Å². The highest BCUT2D eigenvalue weighted by Gasteiger charge is 2.03. The van der Waals surface area contributed by atoms with Crippen molar-refractivity contribution in [3.63, 3.8) is 0 Å². The fourth-order valence-electron chi connectivity index (χ4n) is 1.68. The van der Waals surface area contributed by atoms with Crippen molar-refractivity contribution in [1.29, 1.82) is 0 Å². The van der Waals surface area contributed by atoms with Crippen molar-refractivity contribution in [2.75, 3.05) is 7.11 Å². The highest BCUT2D eigenvalue weighted by Crippen LogP contribution is 2.21. The first-order valence-corrected chi connectivity index (χ1v) is 5.48. The van der Waals surface area contributed by atoms with E-state index >= 15 is 0 Å². The van der Waals surface area contributed by atoms with Crippen LogP contribution >= 0.6 is 0 Å². The van der Waals surface area contributed by atoms with Crippen LogP contribution in [-0.2, 0) is 16.0 Å². The van der Waals surface area contributed by atoms with Gasteiger partial charge in [-0.3, -0.25) is 4.79 Å². The first kappa shape index (κ1) is 11.5. The molecular formula is C14H14O3. The summed E-state index contributed by atoms with van der Waals surface area (Å²) in [6, 6.07) is 9.99. The second-order valence-corrected chi connectivity index (χ2v) is 3.79. The summed E-state index contributed by atoms with van der Waals surface area (Å²) in [5, 5.41) is 0. The molecule has 0 atom stereocenters. The quantitative estimate of drug-likeness (QED) is 0.758. The largest absolute Gasteiger partial charge is 0.472 e. The minimum atomic E-state index is -0.182. The molecule has 0 spiro atoms. The molecule has 0 aliphatic carbocycles. The second kappa shape index (κ2) is 5.34. The van der Waals surface area contributed by atoms with E-state index in [2.05, 4.69) is 10.8 Å². The van der Waals surface area contributed by atoms with Crippen molar-refractivity contribution in [2.24, 2.45) is 0 Å². The number of rotatable bonds is 4. The summed E-state index contributed by atoms with van der Waals surface area (Å²) in [5.74, 6) is -0.182. The molecule has 1 aromatic carbocycles. The van der Waals surface area contributed by atoms with Gasteiger partial charge in [-0.15, -0.1) is 0 Å². The van der Waals surface area contributed by atoms with Crippen LogP contribution in [0.1, 0.15) is 12.0 Å². The molecule has 2 rings (SSSR count). The van der Waals surface area contributed by atoms with Gasteiger partial charge in [0.05, 0.1) is 19.6 Å². The number of carbonyl (C=O) groups is 1. The number of methoxy groups -OCH3 is 1. The highest BCUT2D eigenvalue weighted by atomic mass is 16.5. The summed E-state index contributed by atoms with van der Waals surface area (Å²) in [6.45, 7) is 0. The fourth-order valence-corrected chi connectivity index (χ4v) is 1.68. The van der Waals surface area contributed by atoms with E-state index in [9.17, 15) is 4.79 Å². The maximum atomic E-state index is 11.1. The smallest absolute Gasteiger partial charge is 0.305 e. The van der Waals surface area contributed by atoms with Crippen molar-refractivity contribution in [3.8, 4) is 11.1 Å². The van der Waals surface area contributed by atoms with Crippen molar-refractivity contribution in [2.45, 2.75) is 12.8 Å². The topological polar surface area (TPSA) is 39.4 Å². The number of esters is 1. The number of furan rings is 1. The van der Waals surface area contributed by atoms with Crippen LogP contribution in [0.25, 0.3) is 11.1 Å². The van der Waals surface area contributed by atoms with E-state index in [1.807, 2.05) is 24.3 Å². The van der Waals surface area contributed by atoms with Gasteiger partial charge in [0.15, 0.2) is 0 Å². The molecule has 0 aliphatic heterocycles. The van der Waals surface area contributed by atoms with Crippen LogP contribution < -0.4 is 0 Å². The standard InChI is InChI=1S/C14H14O3/c1-16-14(15)6-5-11-3-2-4-12(9-11)13-7-8-17-10-13/h2-4,7-10H,5-6H2,1H3. The molecule has 3 heteroatoms. The van der Waals surface area contributed by atoms with Crippen LogP contribution in [0.2, 0.25) is 0 Å². The first-order chi connectivity index (χ1) is 8.29. The Labute approximate surface area is 100 Å². The number of hydrogen-bond donors (Lipinski definition) is 0. The van der Waals surface area contributed by atoms with Crippen LogP contribution in [0.3, 0.4) is 0 Å². The van der Waals surface area contributed by atoms with Crippen LogP contribution in [0.4, 0.5) is 0 Å². The predicted molar refractivity (Wildman–Crippen MR) is 64.5 cm³/mol. The molecule has 0 unspecified atom stereocenters. The zero-order valence-corrected chi connectivity index (χ0v) is 9.68. The lowest BCUT2D eigenvalue weighted by Gasteiger charge is -2.03. The van der Waals surface area contributed by atoms with Gasteiger partial charge in [-0.2, -0.15) is 0 Å². The first-order valence-electron chi connectivity index (χ1n) is 5.48. The molecule has 0 radical (unpaired) electrons. The van der Waals surface area contributed by atoms with Gasteiger partial charge in [-0.05, 0) is 23.6 Å². The maximum Gasteiger partial charge on any atom is 0.305 e. The van der Waals surface area contributed by atoms with E-state index in [0.717, 1.165) is 16.7 Å². The average molecular weight is 230 g/mol. The predicted octanol–water partition coefficient (Wildman–Crippen LogP) is 3.05. The number of hydrogen-bond acceptors (Lipinski definition) is 3. The molecule has 1 aromatic heterocycles. The van der Waals surface area contributed by atoms with Gasteiger partial charge >= 0.3 is 5.97 Å². The van der Waals surface area contributed by atoms with E-state index in [0.29, 0.717) is 12.8 Å². The zero-order chi connectivity index (χ0) is 12.1. The third-order valence-corrected chi connectivity index (χ3v) is 2.63. The fraction of sp³-hybridized carbons (Fsp3) is 0.214. The Kier molecular flexibility index (Phi) is 3.60. The molecule has 17 heavy (non-hydrogen) atoms. The van der Waals surface area contributed by atoms with Gasteiger partial charge in [0.25, 0.3) is 0 Å². The monoisotopic (exact) mass is 230 g/mol. The summed E-state index contributed by atoms with van der Waals surface area (Å²) in [4.78, 5) is 11.1. The highest BCUT2D eigenvalue weighted by molar-refractivity contribution is 5.69. The Morgan fingerprint density at radius 3 is 2.88 bits per heavy atom. The van der Waals surface area contributed by atoms with E-state index in [1.165, 1.54) is 7.11 Å². The lowest BCUT2D eigenvalue weighted by atomic mass is 10.0. The van der Waals surface area contributed by atoms with E-state index < -0.39 is 0 Å². The normalized spacial score (nSPS) is 10.2. The average Bonchev–Trinajstić information content (AvgIpc) is 2.90. The maximum absolute atomic E-state index is 11.1. The molecule has 0 amide bonds. The van der Waals surface area contributed by atoms with E-state index in [1.54, 1.807) is 12.5 Å². The Hall–Kier alpha value is -2.03. The van der Waals surface area contributed by atoms with Crippen molar-refractivity contribution >= 4 is 5.97 Å². The van der Waals surface area contributed by atoms with Crippen LogP contribution in [-0.4, -0.2) is 13.1 Å². The molecule has 0 aliphatic rings. The minimum Gasteiger partial charge on any atom is -0.472 e. The molecule has 0 saturated heterocycles. The van der Waals surface area contributed by atoms with E-state index in [-0.39, 0.29) is 5.97 Å². The van der Waals surface area contributed by atoms with E-state index in [4.69, 9.17) is 4.42 Å². The summed E-state index contributed by atoms with van der Waals surface area (Å²) in [6.07, 6.45) is 4.46. The van der Waals surface area contributed by atoms with Crippen LogP contribution in [0.5, 0.6) is 0 Å². The SMILES string of the molecule is COC(=O)CCc1cccc(-c2ccoc2)c1.